The topological polar surface area (TPSA) is 30.7 Å². The van der Waals surface area contributed by atoms with Gasteiger partial charge >= 0.3 is 0 Å². The highest BCUT2D eigenvalue weighted by Gasteiger charge is 2.24. The highest BCUT2D eigenvalue weighted by molar-refractivity contribution is 6.09. The second-order valence-corrected chi connectivity index (χ2v) is 9.43. The SMILES string of the molecule is c1ccc2c(c1)-c1ccccc1-c1ncc(-n3c4ccccc4c4ccccc43)nc1-c1ccccc1-2. The lowest BCUT2D eigenvalue weighted by atomic mass is 9.84. The highest BCUT2D eigenvalue weighted by atomic mass is 15.1. The number of fused-ring (bicyclic) bond motifs is 11. The van der Waals surface area contributed by atoms with E-state index in [2.05, 4.69) is 126 Å². The molecular formula is C34H21N3. The third kappa shape index (κ3) is 2.88. The van der Waals surface area contributed by atoms with Crippen molar-refractivity contribution >= 4 is 21.8 Å². The zero-order valence-electron chi connectivity index (χ0n) is 20.0. The summed E-state index contributed by atoms with van der Waals surface area (Å²) in [5.41, 5.74) is 11.0. The molecule has 8 rings (SSSR count). The molecule has 0 radical (unpaired) electrons. The smallest absolute Gasteiger partial charge is 0.156 e. The zero-order chi connectivity index (χ0) is 24.3. The van der Waals surface area contributed by atoms with Crippen molar-refractivity contribution in [2.24, 2.45) is 0 Å². The molecule has 0 saturated heterocycles. The van der Waals surface area contributed by atoms with Crippen LogP contribution < -0.4 is 0 Å². The molecule has 3 heteroatoms. The predicted octanol–water partition coefficient (Wildman–Crippen LogP) is 8.56. The Hall–Kier alpha value is -5.02. The minimum Gasteiger partial charge on any atom is -0.292 e. The molecule has 0 unspecified atom stereocenters. The van der Waals surface area contributed by atoms with Crippen LogP contribution in [-0.2, 0) is 0 Å². The van der Waals surface area contributed by atoms with Gasteiger partial charge < -0.3 is 0 Å². The van der Waals surface area contributed by atoms with Gasteiger partial charge in [0.05, 0.1) is 28.6 Å². The van der Waals surface area contributed by atoms with Crippen molar-refractivity contribution in [2.45, 2.75) is 0 Å². The molecule has 0 amide bonds. The molecule has 37 heavy (non-hydrogen) atoms. The standard InChI is InChI=1S/C34H21N3/c1-2-12-23-22(11-1)24-13-3-5-17-28(24)33-34(29-18-6-4-14-25(23)29)36-32(21-35-33)37-30-19-9-7-15-26(30)27-16-8-10-20-31(27)37/h1-21H. The van der Waals surface area contributed by atoms with Gasteiger partial charge in [0.15, 0.2) is 5.82 Å². The van der Waals surface area contributed by atoms with Gasteiger partial charge in [-0.3, -0.25) is 9.55 Å². The Labute approximate surface area is 214 Å². The summed E-state index contributed by atoms with van der Waals surface area (Å²) in [5.74, 6) is 0.817. The van der Waals surface area contributed by atoms with Gasteiger partial charge in [0, 0.05) is 21.9 Å². The summed E-state index contributed by atoms with van der Waals surface area (Å²) in [7, 11) is 0. The Balaban J connectivity index is 1.49. The molecule has 3 nitrogen and oxygen atoms in total. The summed E-state index contributed by atoms with van der Waals surface area (Å²) >= 11 is 0. The molecule has 0 N–H and O–H groups in total. The Kier molecular flexibility index (Phi) is 4.23. The molecular weight excluding hydrogens is 450 g/mol. The Bertz CT molecular complexity index is 1940. The molecule has 0 saturated carbocycles. The van der Waals surface area contributed by atoms with E-state index in [4.69, 9.17) is 9.97 Å². The van der Waals surface area contributed by atoms with E-state index in [0.717, 1.165) is 39.4 Å². The third-order valence-electron chi connectivity index (χ3n) is 7.44. The van der Waals surface area contributed by atoms with Crippen LogP contribution in [0.1, 0.15) is 0 Å². The fraction of sp³-hybridized carbons (Fsp3) is 0. The van der Waals surface area contributed by atoms with Gasteiger partial charge in [-0.05, 0) is 34.4 Å². The number of rotatable bonds is 1. The van der Waals surface area contributed by atoms with E-state index >= 15 is 0 Å². The Morgan fingerprint density at radius 2 is 0.811 bits per heavy atom. The number of hydrogen-bond acceptors (Lipinski definition) is 2. The van der Waals surface area contributed by atoms with Gasteiger partial charge in [-0.25, -0.2) is 4.98 Å². The van der Waals surface area contributed by atoms with Gasteiger partial charge in [0.25, 0.3) is 0 Å². The zero-order valence-corrected chi connectivity index (χ0v) is 20.0. The third-order valence-corrected chi connectivity index (χ3v) is 7.44. The average Bonchev–Trinajstić information content (AvgIpc) is 3.31. The molecule has 0 atom stereocenters. The summed E-state index contributed by atoms with van der Waals surface area (Å²) in [5, 5.41) is 2.43. The molecule has 1 aliphatic carbocycles. The van der Waals surface area contributed by atoms with Crippen molar-refractivity contribution in [3.05, 3.63) is 128 Å². The normalized spacial score (nSPS) is 11.8. The van der Waals surface area contributed by atoms with Crippen LogP contribution in [0.3, 0.4) is 0 Å². The van der Waals surface area contributed by atoms with E-state index < -0.39 is 0 Å². The van der Waals surface area contributed by atoms with Crippen molar-refractivity contribution in [3.8, 4) is 50.6 Å². The fourth-order valence-electron chi connectivity index (χ4n) is 5.84. The lowest BCUT2D eigenvalue weighted by Crippen LogP contribution is -2.05. The number of nitrogens with zero attached hydrogens (tertiary/aromatic N) is 3. The molecule has 0 spiro atoms. The van der Waals surface area contributed by atoms with Gasteiger partial charge in [-0.1, -0.05) is 109 Å². The molecule has 0 fully saturated rings. The van der Waals surface area contributed by atoms with Gasteiger partial charge in [-0.15, -0.1) is 0 Å². The van der Waals surface area contributed by atoms with Crippen molar-refractivity contribution in [1.29, 1.82) is 0 Å². The summed E-state index contributed by atoms with van der Waals surface area (Å²) in [6.45, 7) is 0. The first kappa shape index (κ1) is 20.2. The highest BCUT2D eigenvalue weighted by Crippen LogP contribution is 2.46. The van der Waals surface area contributed by atoms with Crippen LogP contribution in [0.15, 0.2) is 128 Å². The molecule has 5 aromatic carbocycles. The summed E-state index contributed by atoms with van der Waals surface area (Å²) < 4.78 is 2.24. The van der Waals surface area contributed by atoms with Crippen LogP contribution in [0.25, 0.3) is 72.4 Å². The number of benzene rings is 5. The monoisotopic (exact) mass is 471 g/mol. The molecule has 2 aromatic heterocycles. The van der Waals surface area contributed by atoms with Crippen LogP contribution in [0.4, 0.5) is 0 Å². The van der Waals surface area contributed by atoms with E-state index in [1.165, 1.54) is 33.0 Å². The second-order valence-electron chi connectivity index (χ2n) is 9.43. The van der Waals surface area contributed by atoms with E-state index in [9.17, 15) is 0 Å². The van der Waals surface area contributed by atoms with Gasteiger partial charge in [-0.2, -0.15) is 0 Å². The second kappa shape index (κ2) is 7.74. The van der Waals surface area contributed by atoms with Gasteiger partial charge in [0.2, 0.25) is 0 Å². The Morgan fingerprint density at radius 3 is 1.35 bits per heavy atom. The Morgan fingerprint density at radius 1 is 0.405 bits per heavy atom. The maximum atomic E-state index is 5.37. The van der Waals surface area contributed by atoms with Crippen LogP contribution >= 0.6 is 0 Å². The quantitative estimate of drug-likeness (QED) is 0.240. The summed E-state index contributed by atoms with van der Waals surface area (Å²) in [6.07, 6.45) is 1.92. The van der Waals surface area contributed by atoms with Crippen LogP contribution in [0, 0.1) is 0 Å². The van der Waals surface area contributed by atoms with Crippen molar-refractivity contribution in [3.63, 3.8) is 0 Å². The van der Waals surface area contributed by atoms with Crippen molar-refractivity contribution in [2.75, 3.05) is 0 Å². The molecule has 172 valence electrons. The van der Waals surface area contributed by atoms with E-state index in [1.54, 1.807) is 0 Å². The van der Waals surface area contributed by atoms with Crippen LogP contribution in [0.2, 0.25) is 0 Å². The van der Waals surface area contributed by atoms with E-state index in [0.29, 0.717) is 0 Å². The minimum atomic E-state index is 0.817. The number of hydrogen-bond donors (Lipinski definition) is 0. The van der Waals surface area contributed by atoms with Gasteiger partial charge in [0.1, 0.15) is 0 Å². The number of para-hydroxylation sites is 2. The van der Waals surface area contributed by atoms with Crippen molar-refractivity contribution < 1.29 is 0 Å². The molecule has 7 aromatic rings. The first-order chi connectivity index (χ1) is 18.4. The predicted molar refractivity (Wildman–Crippen MR) is 152 cm³/mol. The maximum absolute atomic E-state index is 5.37. The average molecular weight is 472 g/mol. The molecule has 0 bridgehead atoms. The van der Waals surface area contributed by atoms with E-state index in [1.807, 2.05) is 6.20 Å². The van der Waals surface area contributed by atoms with Crippen LogP contribution in [-0.4, -0.2) is 14.5 Å². The van der Waals surface area contributed by atoms with Crippen LogP contribution in [0.5, 0.6) is 0 Å². The largest absolute Gasteiger partial charge is 0.292 e. The lowest BCUT2D eigenvalue weighted by molar-refractivity contribution is 1.05. The summed E-state index contributed by atoms with van der Waals surface area (Å²) in [6, 6.07) is 42.8. The first-order valence-corrected chi connectivity index (χ1v) is 12.5. The number of aromatic nitrogens is 3. The maximum Gasteiger partial charge on any atom is 0.156 e. The molecule has 1 aliphatic rings. The summed E-state index contributed by atoms with van der Waals surface area (Å²) in [4.78, 5) is 10.5. The lowest BCUT2D eigenvalue weighted by Gasteiger charge is -2.22. The van der Waals surface area contributed by atoms with Crippen molar-refractivity contribution in [1.82, 2.24) is 14.5 Å². The molecule has 2 heterocycles. The minimum absolute atomic E-state index is 0.817. The van der Waals surface area contributed by atoms with E-state index in [-0.39, 0.29) is 0 Å². The first-order valence-electron chi connectivity index (χ1n) is 12.5. The fourth-order valence-corrected chi connectivity index (χ4v) is 5.84. The molecule has 0 aliphatic heterocycles.